The van der Waals surface area contributed by atoms with Gasteiger partial charge >= 0.3 is 11.9 Å². The summed E-state index contributed by atoms with van der Waals surface area (Å²) in [6, 6.07) is 0. The molecule has 218 valence electrons. The summed E-state index contributed by atoms with van der Waals surface area (Å²) in [5.74, 6) is -2.26. The van der Waals surface area contributed by atoms with Gasteiger partial charge in [-0.1, -0.05) is 103 Å². The van der Waals surface area contributed by atoms with Gasteiger partial charge in [0.1, 0.15) is 12.7 Å². The molecule has 37 heavy (non-hydrogen) atoms. The molecule has 0 radical (unpaired) electrons. The van der Waals surface area contributed by atoms with Crippen molar-refractivity contribution in [2.24, 2.45) is 0 Å². The van der Waals surface area contributed by atoms with Gasteiger partial charge in [0.2, 0.25) is 0 Å². The van der Waals surface area contributed by atoms with Crippen molar-refractivity contribution in [3.05, 3.63) is 12.7 Å². The predicted octanol–water partition coefficient (Wildman–Crippen LogP) is 5.15. The molecule has 9 nitrogen and oxygen atoms in total. The summed E-state index contributed by atoms with van der Waals surface area (Å²) in [5.41, 5.74) is 0. The van der Waals surface area contributed by atoms with Crippen LogP contribution >= 0.6 is 0 Å². The second kappa shape index (κ2) is 23.6. The first-order valence-corrected chi connectivity index (χ1v) is 15.4. The highest BCUT2D eigenvalue weighted by Gasteiger charge is 2.36. The molecule has 0 bridgehead atoms. The number of carbonyl (C=O) groups is 2. The first kappa shape index (κ1) is 35.5. The molecule has 0 fully saturated rings. The topological polar surface area (TPSA) is 136 Å². The number of aliphatic hydroxyl groups is 1. The van der Waals surface area contributed by atoms with Gasteiger partial charge in [-0.3, -0.25) is 14.1 Å². The molecule has 2 N–H and O–H groups in total. The monoisotopic (exact) mass is 550 g/mol. The Hall–Kier alpha value is -1.49. The Bertz CT molecular complexity index is 694. The van der Waals surface area contributed by atoms with Crippen LogP contribution in [0.4, 0.5) is 0 Å². The molecular weight excluding hydrogens is 500 g/mol. The van der Waals surface area contributed by atoms with Crippen LogP contribution in [0.15, 0.2) is 12.7 Å². The fraction of sp³-hybridized carbons (Fsp3) is 0.852. The van der Waals surface area contributed by atoms with Crippen LogP contribution < -0.4 is 0 Å². The summed E-state index contributed by atoms with van der Waals surface area (Å²) < 4.78 is 47.1. The minimum absolute atomic E-state index is 0.115. The molecule has 0 aliphatic carbocycles. The van der Waals surface area contributed by atoms with Crippen LogP contribution in [0.1, 0.15) is 110 Å². The molecule has 0 amide bonds. The molecule has 0 saturated carbocycles. The highest BCUT2D eigenvalue weighted by atomic mass is 32.2. The van der Waals surface area contributed by atoms with Crippen molar-refractivity contribution < 1.29 is 41.9 Å². The summed E-state index contributed by atoms with van der Waals surface area (Å²) in [5, 5.41) is 7.55. The fourth-order valence-corrected chi connectivity index (χ4v) is 4.44. The Labute approximate surface area is 224 Å². The van der Waals surface area contributed by atoms with Crippen LogP contribution in [0.3, 0.4) is 0 Å². The van der Waals surface area contributed by atoms with E-state index in [9.17, 15) is 27.7 Å². The van der Waals surface area contributed by atoms with E-state index in [1.807, 2.05) is 0 Å². The Morgan fingerprint density at radius 3 is 1.76 bits per heavy atom. The SMILES string of the molecule is C=CCOCC(O)COC(=O)C(CC(=O)OCCCCCCCCCCCCCCCCC)S(=O)(=O)O. The van der Waals surface area contributed by atoms with Gasteiger partial charge in [0, 0.05) is 0 Å². The average Bonchev–Trinajstić information content (AvgIpc) is 2.85. The van der Waals surface area contributed by atoms with Crippen molar-refractivity contribution in [3.63, 3.8) is 0 Å². The zero-order valence-electron chi connectivity index (χ0n) is 22.7. The van der Waals surface area contributed by atoms with Crippen LogP contribution in [-0.2, 0) is 33.9 Å². The molecule has 0 aromatic carbocycles. The van der Waals surface area contributed by atoms with Crippen molar-refractivity contribution in [1.82, 2.24) is 0 Å². The van der Waals surface area contributed by atoms with Crippen molar-refractivity contribution >= 4 is 22.1 Å². The molecular formula is C27H50O9S. The molecule has 0 spiro atoms. The van der Waals surface area contributed by atoms with E-state index < -0.39 is 46.4 Å². The lowest BCUT2D eigenvalue weighted by molar-refractivity contribution is -0.152. The zero-order chi connectivity index (χ0) is 27.8. The van der Waals surface area contributed by atoms with E-state index >= 15 is 0 Å². The third-order valence-electron chi connectivity index (χ3n) is 5.95. The first-order valence-electron chi connectivity index (χ1n) is 13.9. The molecule has 10 heteroatoms. The maximum atomic E-state index is 12.0. The van der Waals surface area contributed by atoms with Crippen molar-refractivity contribution in [1.29, 1.82) is 0 Å². The largest absolute Gasteiger partial charge is 0.466 e. The number of hydrogen-bond donors (Lipinski definition) is 2. The number of unbranched alkanes of at least 4 members (excludes halogenated alkanes) is 14. The van der Waals surface area contributed by atoms with Gasteiger partial charge < -0.3 is 19.3 Å². The fourth-order valence-electron chi connectivity index (χ4n) is 3.79. The van der Waals surface area contributed by atoms with Gasteiger partial charge in [0.15, 0.2) is 5.25 Å². The number of esters is 2. The maximum absolute atomic E-state index is 12.0. The lowest BCUT2D eigenvalue weighted by atomic mass is 10.0. The maximum Gasteiger partial charge on any atom is 0.327 e. The number of carbonyl (C=O) groups excluding carboxylic acids is 2. The van der Waals surface area contributed by atoms with Gasteiger partial charge in [-0.15, -0.1) is 6.58 Å². The van der Waals surface area contributed by atoms with Crippen molar-refractivity contribution in [2.45, 2.75) is 121 Å². The van der Waals surface area contributed by atoms with Crippen LogP contribution in [0.5, 0.6) is 0 Å². The third kappa shape index (κ3) is 22.2. The first-order chi connectivity index (χ1) is 17.7. The number of ether oxygens (including phenoxy) is 3. The molecule has 0 heterocycles. The van der Waals surface area contributed by atoms with Crippen LogP contribution in [0.2, 0.25) is 0 Å². The molecule has 0 aromatic rings. The van der Waals surface area contributed by atoms with E-state index in [4.69, 9.17) is 14.2 Å². The van der Waals surface area contributed by atoms with E-state index in [1.54, 1.807) is 0 Å². The molecule has 0 aliphatic rings. The molecule has 2 atom stereocenters. The van der Waals surface area contributed by atoms with Gasteiger partial charge in [-0.25, -0.2) is 0 Å². The van der Waals surface area contributed by atoms with E-state index in [0.29, 0.717) is 6.42 Å². The van der Waals surface area contributed by atoms with E-state index in [-0.39, 0.29) is 19.8 Å². The van der Waals surface area contributed by atoms with Crippen molar-refractivity contribution in [3.8, 4) is 0 Å². The molecule has 0 saturated heterocycles. The van der Waals surface area contributed by atoms with Crippen molar-refractivity contribution in [2.75, 3.05) is 26.4 Å². The van der Waals surface area contributed by atoms with Crippen LogP contribution in [0.25, 0.3) is 0 Å². The summed E-state index contributed by atoms with van der Waals surface area (Å²) in [7, 11) is -4.89. The molecule has 2 unspecified atom stereocenters. The lowest BCUT2D eigenvalue weighted by Crippen LogP contribution is -2.36. The smallest absolute Gasteiger partial charge is 0.327 e. The number of aliphatic hydroxyl groups excluding tert-OH is 1. The Kier molecular flexibility index (Phi) is 22.7. The minimum atomic E-state index is -4.89. The number of rotatable bonds is 26. The van der Waals surface area contributed by atoms with E-state index in [2.05, 4.69) is 13.5 Å². The second-order valence-corrected chi connectivity index (χ2v) is 11.1. The Balaban J connectivity index is 3.88. The normalized spacial score (nSPS) is 13.2. The molecule has 0 aromatic heterocycles. The quantitative estimate of drug-likeness (QED) is 0.0648. The summed E-state index contributed by atoms with van der Waals surface area (Å²) in [4.78, 5) is 24.0. The van der Waals surface area contributed by atoms with E-state index in [1.165, 1.54) is 76.7 Å². The highest BCUT2D eigenvalue weighted by molar-refractivity contribution is 7.87. The van der Waals surface area contributed by atoms with Gasteiger partial charge in [0.25, 0.3) is 10.1 Å². The summed E-state index contributed by atoms with van der Waals surface area (Å²) in [6.07, 6.45) is 17.6. The standard InChI is InChI=1S/C27H50O9S/c1-3-5-6-7-8-9-10-11-12-13-14-15-16-17-18-20-35-26(29)21-25(37(31,32)33)27(30)36-23-24(28)22-34-19-4-2/h4,24-25,28H,2-3,5-23H2,1H3,(H,31,32,33). The highest BCUT2D eigenvalue weighted by Crippen LogP contribution is 2.14. The summed E-state index contributed by atoms with van der Waals surface area (Å²) >= 11 is 0. The van der Waals surface area contributed by atoms with E-state index in [0.717, 1.165) is 19.3 Å². The Morgan fingerprint density at radius 2 is 1.30 bits per heavy atom. The lowest BCUT2D eigenvalue weighted by Gasteiger charge is -2.15. The Morgan fingerprint density at radius 1 is 0.811 bits per heavy atom. The average molecular weight is 551 g/mol. The van der Waals surface area contributed by atoms with Gasteiger partial charge in [0.05, 0.1) is 26.2 Å². The van der Waals surface area contributed by atoms with Crippen LogP contribution in [-0.4, -0.2) is 67.8 Å². The third-order valence-corrected chi connectivity index (χ3v) is 7.03. The molecule has 0 aliphatic heterocycles. The zero-order valence-corrected chi connectivity index (χ0v) is 23.6. The van der Waals surface area contributed by atoms with Crippen LogP contribution in [0, 0.1) is 0 Å². The minimum Gasteiger partial charge on any atom is -0.466 e. The predicted molar refractivity (Wildman–Crippen MR) is 144 cm³/mol. The summed E-state index contributed by atoms with van der Waals surface area (Å²) in [6.45, 7) is 5.28. The number of hydrogen-bond acceptors (Lipinski definition) is 8. The van der Waals surface area contributed by atoms with Gasteiger partial charge in [-0.05, 0) is 6.42 Å². The van der Waals surface area contributed by atoms with Gasteiger partial charge in [-0.2, -0.15) is 8.42 Å². The second-order valence-electron chi connectivity index (χ2n) is 9.49. The molecule has 0 rings (SSSR count).